The molecule has 0 amide bonds. The fraction of sp³-hybridized carbons (Fsp3) is 0.0513. The third-order valence-electron chi connectivity index (χ3n) is 15.4. The molecular weight excluding hydrogens is 993 g/mol. The Morgan fingerprint density at radius 1 is 0.195 bits per heavy atom. The average Bonchev–Trinajstić information content (AvgIpc) is 3.42. The van der Waals surface area contributed by atoms with Crippen molar-refractivity contribution in [2.45, 2.75) is 26.2 Å². The summed E-state index contributed by atoms with van der Waals surface area (Å²) < 4.78 is 0. The van der Waals surface area contributed by atoms with E-state index in [1.165, 1.54) is 27.5 Å². The molecule has 0 aromatic heterocycles. The van der Waals surface area contributed by atoms with Gasteiger partial charge in [-0.15, -0.1) is 0 Å². The molecule has 0 atom stereocenters. The number of para-hydroxylation sites is 8. The highest BCUT2D eigenvalue weighted by molar-refractivity contribution is 6.22. The quantitative estimate of drug-likeness (QED) is 0.101. The van der Waals surface area contributed by atoms with Gasteiger partial charge in [-0.05, 0) is 194 Å². The Balaban J connectivity index is 1.15. The lowest BCUT2D eigenvalue weighted by Gasteiger charge is -2.31. The first-order chi connectivity index (χ1) is 40.3. The lowest BCUT2D eigenvalue weighted by Crippen LogP contribution is -2.14. The fourth-order valence-corrected chi connectivity index (χ4v) is 11.7. The van der Waals surface area contributed by atoms with Gasteiger partial charge in [0.2, 0.25) is 0 Å². The Morgan fingerprint density at radius 3 is 0.659 bits per heavy atom. The number of rotatable bonds is 14. The summed E-state index contributed by atoms with van der Waals surface area (Å²) in [4.78, 5) is 9.57. The van der Waals surface area contributed by atoms with Gasteiger partial charge in [0.05, 0.1) is 0 Å². The van der Waals surface area contributed by atoms with E-state index in [0.717, 1.165) is 90.1 Å². The lowest BCUT2D eigenvalue weighted by molar-refractivity contribution is 0.591. The normalized spacial score (nSPS) is 11.4. The van der Waals surface area contributed by atoms with Crippen LogP contribution in [0.25, 0.3) is 43.8 Å². The monoisotopic (exact) mass is 1050 g/mol. The van der Waals surface area contributed by atoms with Crippen LogP contribution in [0.3, 0.4) is 0 Å². The molecule has 0 heterocycles. The van der Waals surface area contributed by atoms with Crippen LogP contribution in [0.2, 0.25) is 0 Å². The van der Waals surface area contributed by atoms with Gasteiger partial charge in [-0.25, -0.2) is 0 Å². The number of fused-ring (bicyclic) bond motifs is 2. The minimum atomic E-state index is -0.149. The van der Waals surface area contributed by atoms with Crippen molar-refractivity contribution < 1.29 is 0 Å². The lowest BCUT2D eigenvalue weighted by atomic mass is 9.81. The minimum absolute atomic E-state index is 0.149. The number of nitrogens with zero attached hydrogens (tertiary/aromatic N) is 4. The molecule has 13 aromatic rings. The van der Waals surface area contributed by atoms with Crippen LogP contribution < -0.4 is 19.6 Å². The van der Waals surface area contributed by atoms with E-state index in [1.54, 1.807) is 0 Å². The van der Waals surface area contributed by atoms with Gasteiger partial charge in [0, 0.05) is 68.2 Å². The summed E-state index contributed by atoms with van der Waals surface area (Å²) in [6, 6.07) is 117. The van der Waals surface area contributed by atoms with Crippen LogP contribution >= 0.6 is 0 Å². The summed E-state index contributed by atoms with van der Waals surface area (Å²) >= 11 is 0. The molecule has 0 radical (unpaired) electrons. The molecular formula is C78H62N4. The molecule has 0 aliphatic heterocycles. The van der Waals surface area contributed by atoms with E-state index in [-0.39, 0.29) is 5.41 Å². The van der Waals surface area contributed by atoms with Gasteiger partial charge >= 0.3 is 0 Å². The molecule has 394 valence electrons. The molecule has 0 unspecified atom stereocenters. The Morgan fingerprint density at radius 2 is 0.415 bits per heavy atom. The van der Waals surface area contributed by atoms with Crippen LogP contribution in [0, 0.1) is 0 Å². The number of benzene rings is 13. The molecule has 4 heteroatoms. The Hall–Kier alpha value is -10.4. The van der Waals surface area contributed by atoms with Crippen LogP contribution in [0.15, 0.2) is 322 Å². The first kappa shape index (κ1) is 51.0. The Labute approximate surface area is 482 Å². The summed E-state index contributed by atoms with van der Waals surface area (Å²) in [6.45, 7) is 6.97. The molecule has 13 aromatic carbocycles. The van der Waals surface area contributed by atoms with Crippen molar-refractivity contribution in [3.8, 4) is 22.3 Å². The van der Waals surface area contributed by atoms with Crippen LogP contribution in [0.5, 0.6) is 0 Å². The molecule has 0 bridgehead atoms. The molecule has 0 saturated carbocycles. The first-order valence-electron chi connectivity index (χ1n) is 28.2. The zero-order valence-electron chi connectivity index (χ0n) is 46.4. The summed E-state index contributed by atoms with van der Waals surface area (Å²) in [5, 5.41) is 4.67. The highest BCUT2D eigenvalue weighted by atomic mass is 15.2. The molecule has 0 fully saturated rings. The molecule has 82 heavy (non-hydrogen) atoms. The van der Waals surface area contributed by atoms with Crippen molar-refractivity contribution in [1.29, 1.82) is 0 Å². The predicted molar refractivity (Wildman–Crippen MR) is 350 cm³/mol. The van der Waals surface area contributed by atoms with Crippen molar-refractivity contribution in [2.75, 3.05) is 19.6 Å². The van der Waals surface area contributed by atoms with Crippen LogP contribution in [0.1, 0.15) is 26.3 Å². The number of hydrogen-bond donors (Lipinski definition) is 0. The second-order valence-corrected chi connectivity index (χ2v) is 21.8. The van der Waals surface area contributed by atoms with Gasteiger partial charge in [-0.2, -0.15) is 0 Å². The summed E-state index contributed by atoms with van der Waals surface area (Å²) in [5.74, 6) is 0. The second-order valence-electron chi connectivity index (χ2n) is 21.8. The van der Waals surface area contributed by atoms with E-state index < -0.39 is 0 Å². The third kappa shape index (κ3) is 10.1. The van der Waals surface area contributed by atoms with E-state index in [0.29, 0.717) is 0 Å². The molecule has 0 N–H and O–H groups in total. The van der Waals surface area contributed by atoms with Crippen molar-refractivity contribution >= 4 is 89.8 Å². The maximum Gasteiger partial charge on any atom is 0.0488 e. The predicted octanol–water partition coefficient (Wildman–Crippen LogP) is 22.5. The van der Waals surface area contributed by atoms with Crippen LogP contribution in [0.4, 0.5) is 68.2 Å². The Bertz CT molecular complexity index is 3920. The molecule has 0 aliphatic carbocycles. The largest absolute Gasteiger partial charge is 0.310 e. The molecule has 0 saturated heterocycles. The van der Waals surface area contributed by atoms with Gasteiger partial charge in [0.1, 0.15) is 0 Å². The standard InChI is InChI=1S/C78H62N4/c1-78(2,3)59-48-49-74-75(54-59)77(58-52-70(81(64-38-20-8-21-39-64)65-40-22-9-23-41-65)56-71(53-58)82(66-42-24-10-25-43-66)67-44-26-11-27-45-67)73-47-29-28-46-72(73)76(74)57-50-68(79(60-30-12-4-13-31-60)61-32-14-5-15-33-61)55-69(51-57)80(62-34-16-6-17-35-62)63-36-18-7-19-37-63/h4-56H,1-3H3. The van der Waals surface area contributed by atoms with Crippen LogP contribution in [-0.2, 0) is 5.41 Å². The van der Waals surface area contributed by atoms with Crippen molar-refractivity contribution in [3.05, 3.63) is 327 Å². The molecule has 13 rings (SSSR count). The fourth-order valence-electron chi connectivity index (χ4n) is 11.7. The van der Waals surface area contributed by atoms with Gasteiger partial charge < -0.3 is 19.6 Å². The Kier molecular flexibility index (Phi) is 13.9. The molecule has 0 aliphatic rings. The highest BCUT2D eigenvalue weighted by Gasteiger charge is 2.26. The van der Waals surface area contributed by atoms with Crippen LogP contribution in [-0.4, -0.2) is 0 Å². The van der Waals surface area contributed by atoms with E-state index >= 15 is 0 Å². The zero-order chi connectivity index (χ0) is 55.4. The maximum absolute atomic E-state index is 2.48. The molecule has 0 spiro atoms. The smallest absolute Gasteiger partial charge is 0.0488 e. The van der Waals surface area contributed by atoms with Gasteiger partial charge in [-0.3, -0.25) is 0 Å². The maximum atomic E-state index is 2.48. The second kappa shape index (κ2) is 22.4. The highest BCUT2D eigenvalue weighted by Crippen LogP contribution is 2.51. The summed E-state index contributed by atoms with van der Waals surface area (Å²) in [7, 11) is 0. The minimum Gasteiger partial charge on any atom is -0.310 e. The van der Waals surface area contributed by atoms with Crippen molar-refractivity contribution in [2.24, 2.45) is 0 Å². The van der Waals surface area contributed by atoms with E-state index in [4.69, 9.17) is 0 Å². The first-order valence-corrected chi connectivity index (χ1v) is 28.2. The van der Waals surface area contributed by atoms with E-state index in [2.05, 4.69) is 362 Å². The number of hydrogen-bond acceptors (Lipinski definition) is 4. The topological polar surface area (TPSA) is 13.0 Å². The number of anilines is 12. The summed E-state index contributed by atoms with van der Waals surface area (Å²) in [5.41, 5.74) is 18.4. The SMILES string of the molecule is CC(C)(C)c1ccc2c(-c3cc(N(c4ccccc4)c4ccccc4)cc(N(c4ccccc4)c4ccccc4)c3)c3ccccc3c(-c3cc(N(c4ccccc4)c4ccccc4)cc(N(c4ccccc4)c4ccccc4)c3)c2c1. The average molecular weight is 1060 g/mol. The van der Waals surface area contributed by atoms with Crippen molar-refractivity contribution in [1.82, 2.24) is 0 Å². The third-order valence-corrected chi connectivity index (χ3v) is 15.4. The van der Waals surface area contributed by atoms with Gasteiger partial charge in [0.25, 0.3) is 0 Å². The van der Waals surface area contributed by atoms with E-state index in [1.807, 2.05) is 0 Å². The van der Waals surface area contributed by atoms with Crippen molar-refractivity contribution in [3.63, 3.8) is 0 Å². The summed E-state index contributed by atoms with van der Waals surface area (Å²) in [6.07, 6.45) is 0. The molecule has 4 nitrogen and oxygen atoms in total. The van der Waals surface area contributed by atoms with Gasteiger partial charge in [0.15, 0.2) is 0 Å². The van der Waals surface area contributed by atoms with Gasteiger partial charge in [-0.1, -0.05) is 203 Å². The van der Waals surface area contributed by atoms with E-state index in [9.17, 15) is 0 Å². The zero-order valence-corrected chi connectivity index (χ0v) is 46.4.